The third-order valence-electron chi connectivity index (χ3n) is 5.43. The molecule has 156 valence electrons. The number of rotatable bonds is 8. The van der Waals surface area contributed by atoms with Crippen molar-refractivity contribution in [3.05, 3.63) is 102 Å². The number of methoxy groups -OCH3 is 1. The molecular formula is C29H28O2. The van der Waals surface area contributed by atoms with Gasteiger partial charge in [-0.3, -0.25) is 0 Å². The van der Waals surface area contributed by atoms with E-state index in [1.807, 2.05) is 24.3 Å². The second-order valence-electron chi connectivity index (χ2n) is 7.63. The van der Waals surface area contributed by atoms with Crippen LogP contribution in [0.5, 0.6) is 5.75 Å². The van der Waals surface area contributed by atoms with Gasteiger partial charge in [-0.05, 0) is 53.8 Å². The lowest BCUT2D eigenvalue weighted by Gasteiger charge is -2.06. The lowest BCUT2D eigenvalue weighted by Crippen LogP contribution is -1.85. The van der Waals surface area contributed by atoms with E-state index in [0.29, 0.717) is 0 Å². The molecule has 0 amide bonds. The zero-order valence-electron chi connectivity index (χ0n) is 18.2. The summed E-state index contributed by atoms with van der Waals surface area (Å²) in [6, 6.07) is 31.2. The van der Waals surface area contributed by atoms with E-state index >= 15 is 0 Å². The van der Waals surface area contributed by atoms with E-state index < -0.39 is 0 Å². The van der Waals surface area contributed by atoms with Crippen LogP contribution in [-0.2, 0) is 0 Å². The highest BCUT2D eigenvalue weighted by Crippen LogP contribution is 2.38. The highest BCUT2D eigenvalue weighted by atomic mass is 16.5. The van der Waals surface area contributed by atoms with Gasteiger partial charge < -0.3 is 9.15 Å². The van der Waals surface area contributed by atoms with Crippen LogP contribution in [0.1, 0.15) is 37.5 Å². The maximum absolute atomic E-state index is 6.54. The van der Waals surface area contributed by atoms with E-state index in [9.17, 15) is 0 Å². The molecule has 0 aliphatic rings. The maximum Gasteiger partial charge on any atom is 0.142 e. The van der Waals surface area contributed by atoms with E-state index in [2.05, 4.69) is 79.7 Å². The fourth-order valence-corrected chi connectivity index (χ4v) is 3.72. The topological polar surface area (TPSA) is 22.4 Å². The molecule has 0 N–H and O–H groups in total. The largest absolute Gasteiger partial charge is 0.497 e. The number of unbranched alkanes of at least 4 members (excludes halogenated alkanes) is 1. The van der Waals surface area contributed by atoms with Crippen molar-refractivity contribution in [2.24, 2.45) is 0 Å². The summed E-state index contributed by atoms with van der Waals surface area (Å²) in [4.78, 5) is 0. The third kappa shape index (κ3) is 4.97. The Bertz CT molecular complexity index is 1060. The fourth-order valence-electron chi connectivity index (χ4n) is 3.72. The van der Waals surface area contributed by atoms with Crippen LogP contribution in [0.2, 0.25) is 0 Å². The van der Waals surface area contributed by atoms with Crippen LogP contribution in [0.3, 0.4) is 0 Å². The Balaban J connectivity index is 1.81. The van der Waals surface area contributed by atoms with Crippen LogP contribution in [0, 0.1) is 0 Å². The molecule has 0 unspecified atom stereocenters. The smallest absolute Gasteiger partial charge is 0.142 e. The van der Waals surface area contributed by atoms with Gasteiger partial charge in [0.2, 0.25) is 0 Å². The minimum Gasteiger partial charge on any atom is -0.497 e. The van der Waals surface area contributed by atoms with Crippen molar-refractivity contribution in [2.75, 3.05) is 7.11 Å². The van der Waals surface area contributed by atoms with Crippen molar-refractivity contribution < 1.29 is 9.15 Å². The number of hydrogen-bond acceptors (Lipinski definition) is 2. The predicted octanol–water partition coefficient (Wildman–Crippen LogP) is 8.35. The van der Waals surface area contributed by atoms with Crippen molar-refractivity contribution in [1.29, 1.82) is 0 Å². The first-order chi connectivity index (χ1) is 15.3. The average Bonchev–Trinajstić information content (AvgIpc) is 3.29. The summed E-state index contributed by atoms with van der Waals surface area (Å²) >= 11 is 0. The van der Waals surface area contributed by atoms with Gasteiger partial charge in [0.25, 0.3) is 0 Å². The first-order valence-corrected chi connectivity index (χ1v) is 10.9. The zero-order valence-corrected chi connectivity index (χ0v) is 18.2. The number of allylic oxidation sites excluding steroid dienone is 1. The molecule has 0 bridgehead atoms. The van der Waals surface area contributed by atoms with E-state index in [1.165, 1.54) is 5.57 Å². The van der Waals surface area contributed by atoms with E-state index in [4.69, 9.17) is 9.15 Å². The van der Waals surface area contributed by atoms with Gasteiger partial charge in [0.05, 0.1) is 7.11 Å². The normalized spacial score (nSPS) is 11.5. The molecule has 0 fully saturated rings. The fraction of sp³-hybridized carbons (Fsp3) is 0.172. The van der Waals surface area contributed by atoms with Crippen LogP contribution < -0.4 is 4.74 Å². The summed E-state index contributed by atoms with van der Waals surface area (Å²) in [6.45, 7) is 2.22. The number of benzene rings is 3. The minimum atomic E-state index is 0.864. The molecule has 0 radical (unpaired) electrons. The van der Waals surface area contributed by atoms with Crippen LogP contribution in [-0.4, -0.2) is 7.11 Å². The first kappa shape index (κ1) is 20.7. The molecule has 0 atom stereocenters. The molecular weight excluding hydrogens is 380 g/mol. The summed E-state index contributed by atoms with van der Waals surface area (Å²) in [5.41, 5.74) is 5.73. The van der Waals surface area contributed by atoms with Crippen LogP contribution in [0.15, 0.2) is 95.4 Å². The van der Waals surface area contributed by atoms with E-state index in [-0.39, 0.29) is 0 Å². The second kappa shape index (κ2) is 9.99. The summed E-state index contributed by atoms with van der Waals surface area (Å²) < 4.78 is 11.8. The predicted molar refractivity (Wildman–Crippen MR) is 130 cm³/mol. The lowest BCUT2D eigenvalue weighted by molar-refractivity contribution is 0.415. The van der Waals surface area contributed by atoms with E-state index in [0.717, 1.165) is 58.8 Å². The maximum atomic E-state index is 6.54. The van der Waals surface area contributed by atoms with Crippen molar-refractivity contribution in [3.8, 4) is 28.2 Å². The van der Waals surface area contributed by atoms with Crippen LogP contribution >= 0.6 is 0 Å². The van der Waals surface area contributed by atoms with E-state index in [1.54, 1.807) is 7.11 Å². The molecule has 1 heterocycles. The Morgan fingerprint density at radius 3 is 2.10 bits per heavy atom. The Labute approximate surface area is 184 Å². The van der Waals surface area contributed by atoms with Gasteiger partial charge >= 0.3 is 0 Å². The molecule has 4 aromatic rings. The van der Waals surface area contributed by atoms with Gasteiger partial charge in [-0.15, -0.1) is 0 Å². The number of furan rings is 1. The number of ether oxygens (including phenoxy) is 1. The van der Waals surface area contributed by atoms with Gasteiger partial charge in [0.1, 0.15) is 17.3 Å². The summed E-state index contributed by atoms with van der Waals surface area (Å²) in [6.07, 6.45) is 5.46. The summed E-state index contributed by atoms with van der Waals surface area (Å²) in [7, 11) is 1.69. The molecule has 0 aliphatic carbocycles. The highest BCUT2D eigenvalue weighted by molar-refractivity contribution is 5.86. The molecule has 2 heteroatoms. The molecule has 0 saturated heterocycles. The first-order valence-electron chi connectivity index (χ1n) is 10.9. The summed E-state index contributed by atoms with van der Waals surface area (Å²) in [5, 5.41) is 0. The average molecular weight is 409 g/mol. The lowest BCUT2D eigenvalue weighted by atomic mass is 9.99. The zero-order chi connectivity index (χ0) is 21.5. The third-order valence-corrected chi connectivity index (χ3v) is 5.43. The van der Waals surface area contributed by atoms with Crippen molar-refractivity contribution in [2.45, 2.75) is 26.2 Å². The van der Waals surface area contributed by atoms with Gasteiger partial charge in [0, 0.05) is 11.1 Å². The number of hydrogen-bond donors (Lipinski definition) is 0. The van der Waals surface area contributed by atoms with Gasteiger partial charge in [-0.2, -0.15) is 0 Å². The standard InChI is InChI=1S/C29H28O2/c1-3-4-11-25(20-22-16-18-26(30-2)19-17-22)28-21-27(23-12-7-5-8-13-23)29(31-28)24-14-9-6-10-15-24/h5-10,12-21H,3-4,11H2,1-2H3/b25-20-. The molecule has 1 aromatic heterocycles. The SMILES string of the molecule is CCCC/C(=C/c1ccc(OC)cc1)c1cc(-c2ccccc2)c(-c2ccccc2)o1. The van der Waals surface area contributed by atoms with Crippen molar-refractivity contribution in [1.82, 2.24) is 0 Å². The minimum absolute atomic E-state index is 0.864. The monoisotopic (exact) mass is 408 g/mol. The van der Waals surface area contributed by atoms with Gasteiger partial charge in [-0.25, -0.2) is 0 Å². The Morgan fingerprint density at radius 2 is 1.48 bits per heavy atom. The highest BCUT2D eigenvalue weighted by Gasteiger charge is 2.17. The van der Waals surface area contributed by atoms with Gasteiger partial charge in [-0.1, -0.05) is 86.1 Å². The molecule has 4 rings (SSSR count). The summed E-state index contributed by atoms with van der Waals surface area (Å²) in [5.74, 6) is 2.71. The van der Waals surface area contributed by atoms with Crippen LogP contribution in [0.25, 0.3) is 34.1 Å². The molecule has 2 nitrogen and oxygen atoms in total. The Kier molecular flexibility index (Phi) is 6.68. The molecule has 0 saturated carbocycles. The Morgan fingerprint density at radius 1 is 0.839 bits per heavy atom. The molecule has 31 heavy (non-hydrogen) atoms. The van der Waals surface area contributed by atoms with Gasteiger partial charge in [0.15, 0.2) is 0 Å². The van der Waals surface area contributed by atoms with Crippen LogP contribution in [0.4, 0.5) is 0 Å². The quantitative estimate of drug-likeness (QED) is 0.292. The molecule has 0 aliphatic heterocycles. The Hall–Kier alpha value is -3.52. The molecule has 0 spiro atoms. The molecule has 3 aromatic carbocycles. The second-order valence-corrected chi connectivity index (χ2v) is 7.63. The van der Waals surface area contributed by atoms with Crippen molar-refractivity contribution >= 4 is 11.6 Å². The van der Waals surface area contributed by atoms with Crippen molar-refractivity contribution in [3.63, 3.8) is 0 Å².